The Hall–Kier alpha value is -2.82. The quantitative estimate of drug-likeness (QED) is 0.492. The molecule has 2 rings (SSSR count). The summed E-state index contributed by atoms with van der Waals surface area (Å²) in [6.45, 7) is 8.31. The number of carbonyl (C=O) groups excluding carboxylic acids is 1. The van der Waals surface area contributed by atoms with Crippen LogP contribution in [-0.2, 0) is 11.2 Å². The molecule has 0 unspecified atom stereocenters. The average Bonchev–Trinajstić information content (AvgIpc) is 2.71. The highest BCUT2D eigenvalue weighted by molar-refractivity contribution is 5.82. The topological polar surface area (TPSA) is 53.9 Å². The Bertz CT molecular complexity index is 781. The Morgan fingerprint density at radius 3 is 2.46 bits per heavy atom. The molecule has 1 N–H and O–H groups in total. The van der Waals surface area contributed by atoms with E-state index in [0.29, 0.717) is 6.42 Å². The third-order valence-electron chi connectivity index (χ3n) is 4.82. The van der Waals surface area contributed by atoms with Crippen LogP contribution in [0.3, 0.4) is 0 Å². The molecule has 0 saturated carbocycles. The summed E-state index contributed by atoms with van der Waals surface area (Å²) in [6.07, 6.45) is 3.77. The molecule has 0 aromatic heterocycles. The van der Waals surface area contributed by atoms with Crippen molar-refractivity contribution in [2.75, 3.05) is 25.1 Å². The van der Waals surface area contributed by atoms with Crippen LogP contribution in [0.5, 0.6) is 5.75 Å². The summed E-state index contributed by atoms with van der Waals surface area (Å²) in [5.74, 6) is 0.792. The van der Waals surface area contributed by atoms with Gasteiger partial charge in [0.2, 0.25) is 5.91 Å². The molecule has 0 bridgehead atoms. The maximum absolute atomic E-state index is 12.0. The van der Waals surface area contributed by atoms with Gasteiger partial charge in [0.15, 0.2) is 0 Å². The minimum Gasteiger partial charge on any atom is -0.497 e. The van der Waals surface area contributed by atoms with Crippen molar-refractivity contribution >= 4 is 17.8 Å². The van der Waals surface area contributed by atoms with Crippen molar-refractivity contribution in [2.24, 2.45) is 5.10 Å². The van der Waals surface area contributed by atoms with Crippen LogP contribution in [0.15, 0.2) is 47.6 Å². The minimum absolute atomic E-state index is 0.0674. The van der Waals surface area contributed by atoms with Gasteiger partial charge in [0.25, 0.3) is 0 Å². The van der Waals surface area contributed by atoms with E-state index in [2.05, 4.69) is 54.4 Å². The molecule has 150 valence electrons. The van der Waals surface area contributed by atoms with E-state index in [-0.39, 0.29) is 5.91 Å². The minimum atomic E-state index is -0.0674. The number of nitrogens with one attached hydrogen (secondary N) is 1. The number of benzene rings is 2. The van der Waals surface area contributed by atoms with Crippen molar-refractivity contribution in [3.8, 4) is 5.75 Å². The summed E-state index contributed by atoms with van der Waals surface area (Å²) in [4.78, 5) is 14.3. The van der Waals surface area contributed by atoms with E-state index in [1.165, 1.54) is 16.8 Å². The van der Waals surface area contributed by atoms with Gasteiger partial charge in [-0.15, -0.1) is 0 Å². The maximum atomic E-state index is 12.0. The molecule has 2 aromatic rings. The standard InChI is InChI=1S/C23H31N3O2/c1-5-26(6-2)21-13-10-19(11-14-21)17-24-25-23(27)9-7-8-20-12-15-22(28-4)16-18(20)3/h10-17H,5-9H2,1-4H3,(H,25,27)/b24-17+. The highest BCUT2D eigenvalue weighted by Gasteiger charge is 2.04. The Morgan fingerprint density at radius 2 is 1.86 bits per heavy atom. The maximum Gasteiger partial charge on any atom is 0.240 e. The van der Waals surface area contributed by atoms with Gasteiger partial charge >= 0.3 is 0 Å². The molecule has 0 spiro atoms. The van der Waals surface area contributed by atoms with Gasteiger partial charge in [-0.05, 0) is 74.6 Å². The molecule has 0 radical (unpaired) electrons. The lowest BCUT2D eigenvalue weighted by atomic mass is 10.0. The van der Waals surface area contributed by atoms with Gasteiger partial charge in [-0.1, -0.05) is 18.2 Å². The van der Waals surface area contributed by atoms with E-state index in [4.69, 9.17) is 4.74 Å². The number of aryl methyl sites for hydroxylation is 2. The smallest absolute Gasteiger partial charge is 0.240 e. The zero-order valence-electron chi connectivity index (χ0n) is 17.4. The molecular formula is C23H31N3O2. The monoisotopic (exact) mass is 381 g/mol. The van der Waals surface area contributed by atoms with Gasteiger partial charge in [-0.3, -0.25) is 4.79 Å². The molecule has 0 heterocycles. The van der Waals surface area contributed by atoms with Gasteiger partial charge in [-0.2, -0.15) is 5.10 Å². The van der Waals surface area contributed by atoms with Crippen LogP contribution in [0.25, 0.3) is 0 Å². The fourth-order valence-corrected chi connectivity index (χ4v) is 3.11. The Labute approximate surface area is 168 Å². The third-order valence-corrected chi connectivity index (χ3v) is 4.82. The van der Waals surface area contributed by atoms with Gasteiger partial charge in [0.1, 0.15) is 5.75 Å². The summed E-state index contributed by atoms with van der Waals surface area (Å²) >= 11 is 0. The molecule has 0 aliphatic rings. The molecule has 28 heavy (non-hydrogen) atoms. The first-order valence-electron chi connectivity index (χ1n) is 9.87. The predicted octanol–water partition coefficient (Wildman–Crippen LogP) is 4.32. The molecule has 0 aliphatic heterocycles. The number of methoxy groups -OCH3 is 1. The zero-order chi connectivity index (χ0) is 20.4. The molecule has 5 nitrogen and oxygen atoms in total. The predicted molar refractivity (Wildman–Crippen MR) is 116 cm³/mol. The number of ether oxygens (including phenoxy) is 1. The van der Waals surface area contributed by atoms with Crippen LogP contribution in [0.1, 0.15) is 43.4 Å². The molecule has 0 saturated heterocycles. The lowest BCUT2D eigenvalue weighted by Crippen LogP contribution is -2.21. The molecule has 1 amide bonds. The van der Waals surface area contributed by atoms with E-state index in [1.807, 2.05) is 24.3 Å². The van der Waals surface area contributed by atoms with Crippen LogP contribution in [0.2, 0.25) is 0 Å². The van der Waals surface area contributed by atoms with Crippen molar-refractivity contribution in [1.29, 1.82) is 0 Å². The van der Waals surface area contributed by atoms with Gasteiger partial charge in [0, 0.05) is 25.2 Å². The average molecular weight is 382 g/mol. The molecule has 2 aromatic carbocycles. The number of nitrogens with zero attached hydrogens (tertiary/aromatic N) is 2. The highest BCUT2D eigenvalue weighted by Crippen LogP contribution is 2.18. The number of hydrogen-bond donors (Lipinski definition) is 1. The van der Waals surface area contributed by atoms with Crippen LogP contribution in [0.4, 0.5) is 5.69 Å². The van der Waals surface area contributed by atoms with E-state index >= 15 is 0 Å². The number of anilines is 1. The van der Waals surface area contributed by atoms with E-state index in [0.717, 1.165) is 37.2 Å². The second-order valence-electron chi connectivity index (χ2n) is 6.70. The molecule has 0 aliphatic carbocycles. The summed E-state index contributed by atoms with van der Waals surface area (Å²) in [5, 5.41) is 4.07. The van der Waals surface area contributed by atoms with Gasteiger partial charge < -0.3 is 9.64 Å². The zero-order valence-corrected chi connectivity index (χ0v) is 17.4. The second-order valence-corrected chi connectivity index (χ2v) is 6.70. The van der Waals surface area contributed by atoms with Crippen LogP contribution in [-0.4, -0.2) is 32.3 Å². The lowest BCUT2D eigenvalue weighted by molar-refractivity contribution is -0.121. The molecule has 0 atom stereocenters. The van der Waals surface area contributed by atoms with Gasteiger partial charge in [-0.25, -0.2) is 5.43 Å². The number of rotatable bonds is 10. The fraction of sp³-hybridized carbons (Fsp3) is 0.391. The van der Waals surface area contributed by atoms with E-state index < -0.39 is 0 Å². The Balaban J connectivity index is 1.76. The largest absolute Gasteiger partial charge is 0.497 e. The van der Waals surface area contributed by atoms with Crippen molar-refractivity contribution in [3.63, 3.8) is 0 Å². The van der Waals surface area contributed by atoms with E-state index in [1.54, 1.807) is 13.3 Å². The fourth-order valence-electron chi connectivity index (χ4n) is 3.11. The second kappa shape index (κ2) is 11.1. The lowest BCUT2D eigenvalue weighted by Gasteiger charge is -2.20. The number of hydrogen-bond acceptors (Lipinski definition) is 4. The van der Waals surface area contributed by atoms with Crippen molar-refractivity contribution in [3.05, 3.63) is 59.2 Å². The van der Waals surface area contributed by atoms with Crippen molar-refractivity contribution in [2.45, 2.75) is 40.0 Å². The van der Waals surface area contributed by atoms with Crippen LogP contribution < -0.4 is 15.1 Å². The third kappa shape index (κ3) is 6.41. The van der Waals surface area contributed by atoms with Crippen molar-refractivity contribution in [1.82, 2.24) is 5.43 Å². The normalized spacial score (nSPS) is 10.9. The first-order chi connectivity index (χ1) is 13.6. The van der Waals surface area contributed by atoms with Crippen LogP contribution in [0, 0.1) is 6.92 Å². The number of amides is 1. The van der Waals surface area contributed by atoms with Crippen LogP contribution >= 0.6 is 0 Å². The van der Waals surface area contributed by atoms with E-state index in [9.17, 15) is 4.79 Å². The first kappa shape index (κ1) is 21.5. The number of carbonyl (C=O) groups is 1. The summed E-state index contributed by atoms with van der Waals surface area (Å²) in [5.41, 5.74) is 7.19. The first-order valence-corrected chi connectivity index (χ1v) is 9.87. The summed E-state index contributed by atoms with van der Waals surface area (Å²) < 4.78 is 5.22. The van der Waals surface area contributed by atoms with Gasteiger partial charge in [0.05, 0.1) is 13.3 Å². The Morgan fingerprint density at radius 1 is 1.14 bits per heavy atom. The molecule has 0 fully saturated rings. The SMILES string of the molecule is CCN(CC)c1ccc(/C=N/NC(=O)CCCc2ccc(OC)cc2C)cc1. The summed E-state index contributed by atoms with van der Waals surface area (Å²) in [6, 6.07) is 14.2. The number of hydrazone groups is 1. The Kier molecular flexibility index (Phi) is 8.53. The van der Waals surface area contributed by atoms with Crippen molar-refractivity contribution < 1.29 is 9.53 Å². The highest BCUT2D eigenvalue weighted by atomic mass is 16.5. The molecule has 5 heteroatoms. The molecular weight excluding hydrogens is 350 g/mol. The summed E-state index contributed by atoms with van der Waals surface area (Å²) in [7, 11) is 1.67.